The van der Waals surface area contributed by atoms with Crippen LogP contribution >= 0.6 is 7.82 Å². The fourth-order valence-corrected chi connectivity index (χ4v) is 0.819. The highest BCUT2D eigenvalue weighted by molar-refractivity contribution is 7.46. The Bertz CT molecular complexity index is 512. The molecule has 0 aromatic carbocycles. The average molecular weight is 422 g/mol. The van der Waals surface area contributed by atoms with Gasteiger partial charge in [0.05, 0.1) is 26.1 Å². The summed E-state index contributed by atoms with van der Waals surface area (Å²) in [6, 6.07) is 0. The van der Waals surface area contributed by atoms with Gasteiger partial charge in [0.2, 0.25) is 5.76 Å². The molecular weight excluding hydrogens is 403 g/mol. The summed E-state index contributed by atoms with van der Waals surface area (Å²) < 4.78 is 13.5. The van der Waals surface area contributed by atoms with Gasteiger partial charge in [-0.3, -0.25) is 19.4 Å². The lowest BCUT2D eigenvalue weighted by atomic mass is 10.3. The van der Waals surface area contributed by atoms with Crippen LogP contribution in [0.25, 0.3) is 0 Å². The van der Waals surface area contributed by atoms with E-state index in [0.29, 0.717) is 0 Å². The molecule has 0 rings (SSSR count). The molecule has 27 heavy (non-hydrogen) atoms. The van der Waals surface area contributed by atoms with Gasteiger partial charge in [0.25, 0.3) is 0 Å². The molecule has 0 saturated heterocycles. The number of hydrogen-bond acceptors (Lipinski definition) is 10. The maximum atomic E-state index is 9.89. The molecule has 0 spiro atoms. The third kappa shape index (κ3) is 45.2. The van der Waals surface area contributed by atoms with Gasteiger partial charge in [0.1, 0.15) is 6.10 Å². The zero-order valence-electron chi connectivity index (χ0n) is 13.5. The van der Waals surface area contributed by atoms with Gasteiger partial charge in [-0.2, -0.15) is 9.59 Å². The highest BCUT2D eigenvalue weighted by Gasteiger charge is 2.19. The summed E-state index contributed by atoms with van der Waals surface area (Å²) in [5.74, 6) is -4.74. The maximum Gasteiger partial charge on any atom is 0.525 e. The van der Waals surface area contributed by atoms with Gasteiger partial charge >= 0.3 is 31.9 Å². The fourth-order valence-electron chi connectivity index (χ4n) is 0.454. The predicted octanol–water partition coefficient (Wildman–Crippen LogP) is -2.62. The second-order valence-electron chi connectivity index (χ2n) is 3.70. The highest BCUT2D eigenvalue weighted by Crippen LogP contribution is 2.38. The zero-order valence-corrected chi connectivity index (χ0v) is 14.4. The molecule has 0 aliphatic rings. The average Bonchev–Trinajstić information content (AvgIpc) is 2.52. The number of rotatable bonds is 8. The van der Waals surface area contributed by atoms with E-state index in [1.165, 1.54) is 0 Å². The van der Waals surface area contributed by atoms with E-state index in [2.05, 4.69) is 11.1 Å². The summed E-state index contributed by atoms with van der Waals surface area (Å²) in [5.41, 5.74) is 0. The first-order valence-electron chi connectivity index (χ1n) is 6.18. The molecule has 0 bridgehead atoms. The summed E-state index contributed by atoms with van der Waals surface area (Å²) in [6.45, 7) is 2.00. The van der Waals surface area contributed by atoms with Crippen LogP contribution in [0.1, 0.15) is 12.8 Å². The molecule has 0 aliphatic carbocycles. The quantitative estimate of drug-likeness (QED) is 0.113. The van der Waals surface area contributed by atoms with Gasteiger partial charge in [-0.1, -0.05) is 0 Å². The van der Waals surface area contributed by atoms with Crippen LogP contribution in [0.2, 0.25) is 0 Å². The summed E-state index contributed by atoms with van der Waals surface area (Å²) in [4.78, 5) is 61.3. The summed E-state index contributed by atoms with van der Waals surface area (Å²) in [7, 11) is -4.76. The van der Waals surface area contributed by atoms with E-state index in [0.717, 1.165) is 0 Å². The van der Waals surface area contributed by atoms with Crippen molar-refractivity contribution in [3.8, 4) is 0 Å². The van der Waals surface area contributed by atoms with Crippen molar-refractivity contribution >= 4 is 31.9 Å². The van der Waals surface area contributed by atoms with Crippen molar-refractivity contribution in [1.82, 2.24) is 0 Å². The third-order valence-corrected chi connectivity index (χ3v) is 1.90. The van der Waals surface area contributed by atoms with Crippen molar-refractivity contribution in [3.05, 3.63) is 12.3 Å². The minimum Gasteiger partial charge on any atom is -0.481 e. The molecule has 0 amide bonds. The number of aliphatic hydroxyl groups excluding tert-OH is 3. The molecule has 15 nitrogen and oxygen atoms in total. The Morgan fingerprint density at radius 3 is 1.33 bits per heavy atom. The zero-order chi connectivity index (χ0) is 22.6. The number of aliphatic carboxylic acids is 3. The van der Waals surface area contributed by atoms with E-state index in [1.54, 1.807) is 0 Å². The van der Waals surface area contributed by atoms with E-state index < -0.39 is 37.6 Å². The molecule has 8 N–H and O–H groups in total. The second kappa shape index (κ2) is 19.7. The first kappa shape index (κ1) is 32.1. The monoisotopic (exact) mass is 422 g/mol. The van der Waals surface area contributed by atoms with Gasteiger partial charge in [0, 0.05) is 0 Å². The van der Waals surface area contributed by atoms with Crippen molar-refractivity contribution in [3.63, 3.8) is 0 Å². The summed E-state index contributed by atoms with van der Waals surface area (Å²) >= 11 is 0. The number of phosphoric ester groups is 1. The summed E-state index contributed by atoms with van der Waals surface area (Å²) in [6.07, 6.45) is -1.30. The molecule has 0 aliphatic heterocycles. The molecular formula is C11H19O15P. The van der Waals surface area contributed by atoms with Gasteiger partial charge in [-0.05, 0) is 6.58 Å². The number of carbonyl (C=O) groups excluding carboxylic acids is 2. The standard InChI is InChI=1S/C4H6O4.C3H5O6P.C3H8O3.CO2/c5-3(6)1-2-4(7)8;1-2(3(4)5)9-10(6,7)8;4-1-3(6)2-5;2-1-3/h1-2H2,(H,5,6)(H,7,8);1H2,(H,4,5)(H2,6,7,8);3-6H,1-2H2;. The van der Waals surface area contributed by atoms with Gasteiger partial charge < -0.3 is 35.2 Å². The molecule has 0 radical (unpaired) electrons. The SMILES string of the molecule is C=C(OP(=O)(O)O)C(=O)O.O=C(O)CCC(=O)O.O=C=O.OCC(O)CO. The second-order valence-corrected chi connectivity index (χ2v) is 4.86. The normalized spacial score (nSPS) is 8.96. The van der Waals surface area contributed by atoms with E-state index >= 15 is 0 Å². The highest BCUT2D eigenvalue weighted by atomic mass is 31.2. The topological polar surface area (TPSA) is 273 Å². The molecule has 0 atom stereocenters. The van der Waals surface area contributed by atoms with E-state index in [-0.39, 0.29) is 32.2 Å². The lowest BCUT2D eigenvalue weighted by Gasteiger charge is -2.03. The van der Waals surface area contributed by atoms with Gasteiger partial charge in [-0.25, -0.2) is 9.36 Å². The van der Waals surface area contributed by atoms with Crippen LogP contribution in [-0.4, -0.2) is 83.8 Å². The van der Waals surface area contributed by atoms with Crippen molar-refractivity contribution in [2.75, 3.05) is 13.2 Å². The molecule has 0 aromatic heterocycles. The Labute approximate surface area is 151 Å². The summed E-state index contributed by atoms with van der Waals surface area (Å²) in [5, 5.41) is 47.8. The van der Waals surface area contributed by atoms with Crippen LogP contribution in [0.5, 0.6) is 0 Å². The Morgan fingerprint density at radius 1 is 0.963 bits per heavy atom. The minimum absolute atomic E-state index is 0.250. The number of carboxylic acid groups (broad SMARTS) is 3. The Hall–Kier alpha value is -2.64. The van der Waals surface area contributed by atoms with Crippen LogP contribution in [0.4, 0.5) is 0 Å². The van der Waals surface area contributed by atoms with Crippen molar-refractivity contribution in [1.29, 1.82) is 0 Å². The largest absolute Gasteiger partial charge is 0.525 e. The van der Waals surface area contributed by atoms with Crippen LogP contribution in [0, 0.1) is 0 Å². The molecule has 0 saturated carbocycles. The van der Waals surface area contributed by atoms with Gasteiger partial charge in [-0.15, -0.1) is 0 Å². The van der Waals surface area contributed by atoms with Crippen LogP contribution in [0.15, 0.2) is 12.3 Å². The van der Waals surface area contributed by atoms with Crippen LogP contribution in [0.3, 0.4) is 0 Å². The first-order valence-corrected chi connectivity index (χ1v) is 7.71. The lowest BCUT2D eigenvalue weighted by Crippen LogP contribution is -2.15. The minimum atomic E-state index is -4.76. The fraction of sp³-hybridized carbons (Fsp3) is 0.455. The molecule has 0 aromatic rings. The molecule has 0 unspecified atom stereocenters. The number of phosphoric acid groups is 1. The van der Waals surface area contributed by atoms with Crippen LogP contribution in [-0.2, 0) is 33.1 Å². The Balaban J connectivity index is -0.000000140. The number of carboxylic acids is 3. The van der Waals surface area contributed by atoms with E-state index in [1.807, 2.05) is 0 Å². The first-order chi connectivity index (χ1) is 12.2. The van der Waals surface area contributed by atoms with E-state index in [9.17, 15) is 18.9 Å². The van der Waals surface area contributed by atoms with Crippen molar-refractivity contribution in [2.45, 2.75) is 18.9 Å². The molecule has 16 heteroatoms. The Morgan fingerprint density at radius 2 is 1.26 bits per heavy atom. The van der Waals surface area contributed by atoms with Crippen molar-refractivity contribution < 1.29 is 73.5 Å². The van der Waals surface area contributed by atoms with Crippen LogP contribution < -0.4 is 0 Å². The lowest BCUT2D eigenvalue weighted by molar-refractivity contribution is -0.191. The van der Waals surface area contributed by atoms with Gasteiger partial charge in [0.15, 0.2) is 0 Å². The third-order valence-electron chi connectivity index (χ3n) is 1.44. The van der Waals surface area contributed by atoms with E-state index in [4.69, 9.17) is 50.0 Å². The molecule has 0 fully saturated rings. The smallest absolute Gasteiger partial charge is 0.481 e. The molecule has 158 valence electrons. The predicted molar refractivity (Wildman–Crippen MR) is 79.6 cm³/mol. The number of carbonyl (C=O) groups is 3. The number of hydrogen-bond donors (Lipinski definition) is 8. The van der Waals surface area contributed by atoms with Crippen molar-refractivity contribution in [2.24, 2.45) is 0 Å². The maximum absolute atomic E-state index is 9.89. The molecule has 0 heterocycles. The number of aliphatic hydroxyl groups is 3. The Kier molecular flexibility index (Phi) is 23.4.